The number of aromatic nitrogens is 2. The van der Waals surface area contributed by atoms with Crippen molar-refractivity contribution in [3.05, 3.63) is 73.8 Å². The van der Waals surface area contributed by atoms with Crippen LogP contribution in [0.1, 0.15) is 5.56 Å². The predicted octanol–water partition coefficient (Wildman–Crippen LogP) is 3.33. The summed E-state index contributed by atoms with van der Waals surface area (Å²) in [7, 11) is 0. The van der Waals surface area contributed by atoms with Crippen LogP contribution < -0.4 is 5.56 Å². The van der Waals surface area contributed by atoms with Gasteiger partial charge in [0.2, 0.25) is 0 Å². The van der Waals surface area contributed by atoms with Crippen LogP contribution in [0.25, 0.3) is 10.9 Å². The molecule has 2 aromatic carbocycles. The first-order valence-electron chi connectivity index (χ1n) is 6.13. The normalized spacial score (nSPS) is 11.0. The van der Waals surface area contributed by atoms with Gasteiger partial charge in [0.15, 0.2) is 0 Å². The summed E-state index contributed by atoms with van der Waals surface area (Å²) in [6.07, 6.45) is 1.38. The highest BCUT2D eigenvalue weighted by Crippen LogP contribution is 2.13. The van der Waals surface area contributed by atoms with Crippen molar-refractivity contribution in [1.29, 1.82) is 0 Å². The summed E-state index contributed by atoms with van der Waals surface area (Å²) in [5.74, 6) is -1.32. The third kappa shape index (κ3) is 2.80. The SMILES string of the molecule is O=c1c2cc(I)ccc2ncn1Cc1ccc(F)cc1F. The van der Waals surface area contributed by atoms with Crippen molar-refractivity contribution in [3.63, 3.8) is 0 Å². The highest BCUT2D eigenvalue weighted by atomic mass is 127. The van der Waals surface area contributed by atoms with Gasteiger partial charge in [-0.3, -0.25) is 9.36 Å². The molecule has 6 heteroatoms. The molecule has 3 rings (SSSR count). The Balaban J connectivity index is 2.09. The minimum atomic E-state index is -0.676. The van der Waals surface area contributed by atoms with E-state index < -0.39 is 11.6 Å². The van der Waals surface area contributed by atoms with E-state index in [1.807, 2.05) is 6.07 Å². The third-order valence-corrected chi connectivity index (χ3v) is 3.81. The molecule has 1 heterocycles. The molecule has 0 atom stereocenters. The highest BCUT2D eigenvalue weighted by molar-refractivity contribution is 14.1. The molecule has 106 valence electrons. The van der Waals surface area contributed by atoms with Crippen LogP contribution >= 0.6 is 22.6 Å². The number of nitrogens with zero attached hydrogens (tertiary/aromatic N) is 2. The van der Waals surface area contributed by atoms with Crippen molar-refractivity contribution >= 4 is 33.5 Å². The summed E-state index contributed by atoms with van der Waals surface area (Å²) < 4.78 is 28.8. The van der Waals surface area contributed by atoms with E-state index in [2.05, 4.69) is 27.6 Å². The largest absolute Gasteiger partial charge is 0.294 e. The standard InChI is InChI=1S/C15H9F2IN2O/c16-10-2-1-9(13(17)5-10)7-20-8-19-14-4-3-11(18)6-12(14)15(20)21/h1-6,8H,7H2. The van der Waals surface area contributed by atoms with Gasteiger partial charge in [-0.15, -0.1) is 0 Å². The zero-order valence-electron chi connectivity index (χ0n) is 10.7. The number of halogens is 3. The van der Waals surface area contributed by atoms with Gasteiger partial charge in [-0.25, -0.2) is 13.8 Å². The van der Waals surface area contributed by atoms with Crippen molar-refractivity contribution < 1.29 is 8.78 Å². The van der Waals surface area contributed by atoms with Crippen molar-refractivity contribution in [2.24, 2.45) is 0 Å². The monoisotopic (exact) mass is 398 g/mol. The van der Waals surface area contributed by atoms with Gasteiger partial charge >= 0.3 is 0 Å². The molecule has 0 fully saturated rings. The van der Waals surface area contributed by atoms with Gasteiger partial charge in [0.1, 0.15) is 11.6 Å². The fraction of sp³-hybridized carbons (Fsp3) is 0.0667. The van der Waals surface area contributed by atoms with Crippen LogP contribution in [0.15, 0.2) is 47.5 Å². The van der Waals surface area contributed by atoms with E-state index in [1.54, 1.807) is 12.1 Å². The second-order valence-electron chi connectivity index (χ2n) is 4.57. The maximum absolute atomic E-state index is 13.7. The number of benzene rings is 2. The van der Waals surface area contributed by atoms with Crippen LogP contribution in [-0.4, -0.2) is 9.55 Å². The molecule has 3 aromatic rings. The Morgan fingerprint density at radius 2 is 1.95 bits per heavy atom. The van der Waals surface area contributed by atoms with Crippen LogP contribution in [0.3, 0.4) is 0 Å². The number of rotatable bonds is 2. The molecule has 0 aliphatic rings. The van der Waals surface area contributed by atoms with Crippen LogP contribution in [0.5, 0.6) is 0 Å². The lowest BCUT2D eigenvalue weighted by Gasteiger charge is -2.08. The molecule has 0 aliphatic carbocycles. The first-order valence-corrected chi connectivity index (χ1v) is 7.21. The second-order valence-corrected chi connectivity index (χ2v) is 5.82. The topological polar surface area (TPSA) is 34.9 Å². The summed E-state index contributed by atoms with van der Waals surface area (Å²) in [5, 5.41) is 0.479. The lowest BCUT2D eigenvalue weighted by Crippen LogP contribution is -2.21. The molecule has 0 aliphatic heterocycles. The number of fused-ring (bicyclic) bond motifs is 1. The molecule has 0 radical (unpaired) electrons. The summed E-state index contributed by atoms with van der Waals surface area (Å²) >= 11 is 2.11. The Kier molecular flexibility index (Phi) is 3.71. The van der Waals surface area contributed by atoms with E-state index >= 15 is 0 Å². The fourth-order valence-electron chi connectivity index (χ4n) is 2.08. The summed E-state index contributed by atoms with van der Waals surface area (Å²) in [6, 6.07) is 8.66. The van der Waals surface area contributed by atoms with Crippen molar-refractivity contribution in [1.82, 2.24) is 9.55 Å². The molecular formula is C15H9F2IN2O. The van der Waals surface area contributed by atoms with Crippen LogP contribution in [0.2, 0.25) is 0 Å². The zero-order valence-corrected chi connectivity index (χ0v) is 12.8. The zero-order chi connectivity index (χ0) is 15.0. The van der Waals surface area contributed by atoms with E-state index in [0.717, 1.165) is 9.64 Å². The van der Waals surface area contributed by atoms with E-state index in [4.69, 9.17) is 0 Å². The van der Waals surface area contributed by atoms with Gasteiger partial charge in [0, 0.05) is 15.2 Å². The van der Waals surface area contributed by atoms with Gasteiger partial charge in [0.05, 0.1) is 23.8 Å². The van der Waals surface area contributed by atoms with Gasteiger partial charge in [-0.05, 0) is 46.9 Å². The molecule has 0 N–H and O–H groups in total. The summed E-state index contributed by atoms with van der Waals surface area (Å²) in [5.41, 5.74) is 0.587. The molecule has 0 saturated heterocycles. The lowest BCUT2D eigenvalue weighted by molar-refractivity contribution is 0.564. The number of hydrogen-bond acceptors (Lipinski definition) is 2. The van der Waals surface area contributed by atoms with E-state index in [9.17, 15) is 13.6 Å². The van der Waals surface area contributed by atoms with E-state index in [0.29, 0.717) is 10.9 Å². The van der Waals surface area contributed by atoms with E-state index in [1.165, 1.54) is 23.0 Å². The Hall–Kier alpha value is -1.83. The molecule has 0 spiro atoms. The predicted molar refractivity (Wildman–Crippen MR) is 84.2 cm³/mol. The smallest absolute Gasteiger partial charge is 0.261 e. The molecule has 0 unspecified atom stereocenters. The van der Waals surface area contributed by atoms with E-state index in [-0.39, 0.29) is 17.7 Å². The van der Waals surface area contributed by atoms with Crippen molar-refractivity contribution in [2.45, 2.75) is 6.54 Å². The second kappa shape index (κ2) is 5.51. The lowest BCUT2D eigenvalue weighted by atomic mass is 10.2. The van der Waals surface area contributed by atoms with Crippen LogP contribution in [0, 0.1) is 15.2 Å². The minimum Gasteiger partial charge on any atom is -0.294 e. The Morgan fingerprint density at radius 1 is 1.14 bits per heavy atom. The van der Waals surface area contributed by atoms with Gasteiger partial charge in [0.25, 0.3) is 5.56 Å². The quantitative estimate of drug-likeness (QED) is 0.621. The highest BCUT2D eigenvalue weighted by Gasteiger charge is 2.08. The molecule has 0 saturated carbocycles. The minimum absolute atomic E-state index is 0.0133. The maximum Gasteiger partial charge on any atom is 0.261 e. The maximum atomic E-state index is 13.7. The molecule has 1 aromatic heterocycles. The van der Waals surface area contributed by atoms with Crippen LogP contribution in [0.4, 0.5) is 8.78 Å². The first kappa shape index (κ1) is 14.1. The average molecular weight is 398 g/mol. The molecule has 3 nitrogen and oxygen atoms in total. The molecule has 0 bridgehead atoms. The Morgan fingerprint density at radius 3 is 2.71 bits per heavy atom. The third-order valence-electron chi connectivity index (χ3n) is 3.14. The average Bonchev–Trinajstić information content (AvgIpc) is 2.45. The Bertz CT molecular complexity index is 892. The summed E-state index contributed by atoms with van der Waals surface area (Å²) in [6.45, 7) is 0.0133. The van der Waals surface area contributed by atoms with Gasteiger partial charge in [-0.2, -0.15) is 0 Å². The van der Waals surface area contributed by atoms with Crippen molar-refractivity contribution in [3.8, 4) is 0 Å². The molecule has 21 heavy (non-hydrogen) atoms. The van der Waals surface area contributed by atoms with Gasteiger partial charge < -0.3 is 0 Å². The number of hydrogen-bond donors (Lipinski definition) is 0. The first-order chi connectivity index (χ1) is 10.0. The van der Waals surface area contributed by atoms with Gasteiger partial charge in [-0.1, -0.05) is 6.07 Å². The van der Waals surface area contributed by atoms with Crippen LogP contribution in [-0.2, 0) is 6.54 Å². The summed E-state index contributed by atoms with van der Waals surface area (Å²) in [4.78, 5) is 16.6. The Labute approximate surface area is 132 Å². The molecular weight excluding hydrogens is 389 g/mol. The van der Waals surface area contributed by atoms with Crippen molar-refractivity contribution in [2.75, 3.05) is 0 Å². The molecule has 0 amide bonds. The fourth-order valence-corrected chi connectivity index (χ4v) is 2.57.